The van der Waals surface area contributed by atoms with Crippen LogP contribution in [0.1, 0.15) is 31.7 Å². The van der Waals surface area contributed by atoms with Crippen LogP contribution >= 0.6 is 0 Å². The Hall–Kier alpha value is -1.31. The molecule has 1 amide bonds. The monoisotopic (exact) mass is 203 g/mol. The smallest absolute Gasteiger partial charge is 0.217 e. The second kappa shape index (κ2) is 4.05. The summed E-state index contributed by atoms with van der Waals surface area (Å²) in [5.41, 5.74) is 1.36. The Morgan fingerprint density at radius 1 is 1.33 bits per heavy atom. The molecule has 2 nitrogen and oxygen atoms in total. The topological polar surface area (TPSA) is 29.1 Å². The molecule has 0 saturated heterocycles. The molecule has 0 heterocycles. The number of amides is 1. The Morgan fingerprint density at radius 3 is 2.47 bits per heavy atom. The lowest BCUT2D eigenvalue weighted by Gasteiger charge is -2.42. The predicted octanol–water partition coefficient (Wildman–Crippen LogP) is 2.29. The second-order valence-corrected chi connectivity index (χ2v) is 4.48. The van der Waals surface area contributed by atoms with Crippen molar-refractivity contribution < 1.29 is 4.79 Å². The SMILES string of the molecule is CC(=O)NC1(Cc2ccccc2)CCC1. The summed E-state index contributed by atoms with van der Waals surface area (Å²) in [7, 11) is 0. The Kier molecular flexibility index (Phi) is 2.76. The normalized spacial score (nSPS) is 17.9. The third-order valence-electron chi connectivity index (χ3n) is 3.14. The van der Waals surface area contributed by atoms with E-state index in [4.69, 9.17) is 0 Å². The molecule has 2 rings (SSSR count). The van der Waals surface area contributed by atoms with Crippen LogP contribution in [0.25, 0.3) is 0 Å². The van der Waals surface area contributed by atoms with E-state index in [9.17, 15) is 4.79 Å². The van der Waals surface area contributed by atoms with E-state index in [2.05, 4.69) is 29.6 Å². The van der Waals surface area contributed by atoms with Crippen LogP contribution in [0.4, 0.5) is 0 Å². The lowest BCUT2D eigenvalue weighted by atomic mass is 9.72. The molecule has 1 aliphatic rings. The van der Waals surface area contributed by atoms with E-state index < -0.39 is 0 Å². The van der Waals surface area contributed by atoms with Gasteiger partial charge in [0, 0.05) is 12.5 Å². The quantitative estimate of drug-likeness (QED) is 0.802. The van der Waals surface area contributed by atoms with Gasteiger partial charge in [-0.2, -0.15) is 0 Å². The molecule has 2 heteroatoms. The highest BCUT2D eigenvalue weighted by molar-refractivity contribution is 5.74. The molecule has 1 aromatic rings. The third kappa shape index (κ3) is 2.38. The van der Waals surface area contributed by atoms with Crippen LogP contribution in [0, 0.1) is 0 Å². The van der Waals surface area contributed by atoms with Crippen molar-refractivity contribution in [1.29, 1.82) is 0 Å². The van der Waals surface area contributed by atoms with E-state index in [1.54, 1.807) is 6.92 Å². The van der Waals surface area contributed by atoms with Crippen molar-refractivity contribution in [2.24, 2.45) is 0 Å². The second-order valence-electron chi connectivity index (χ2n) is 4.48. The average molecular weight is 203 g/mol. The third-order valence-corrected chi connectivity index (χ3v) is 3.14. The number of hydrogen-bond acceptors (Lipinski definition) is 1. The van der Waals surface area contributed by atoms with Crippen LogP contribution in [0.5, 0.6) is 0 Å². The predicted molar refractivity (Wildman–Crippen MR) is 60.5 cm³/mol. The van der Waals surface area contributed by atoms with Crippen LogP contribution in [0.15, 0.2) is 30.3 Å². The number of hydrogen-bond donors (Lipinski definition) is 1. The van der Waals surface area contributed by atoms with Crippen LogP contribution in [0.3, 0.4) is 0 Å². The van der Waals surface area contributed by atoms with Crippen molar-refractivity contribution >= 4 is 5.91 Å². The molecule has 1 saturated carbocycles. The number of carbonyl (C=O) groups excluding carboxylic acids is 1. The van der Waals surface area contributed by atoms with E-state index >= 15 is 0 Å². The molecule has 1 aromatic carbocycles. The van der Waals surface area contributed by atoms with E-state index in [0.29, 0.717) is 0 Å². The molecule has 1 aliphatic carbocycles. The first-order valence-corrected chi connectivity index (χ1v) is 5.53. The fourth-order valence-electron chi connectivity index (χ4n) is 2.31. The van der Waals surface area contributed by atoms with Crippen molar-refractivity contribution in [2.75, 3.05) is 0 Å². The van der Waals surface area contributed by atoms with Gasteiger partial charge in [0.25, 0.3) is 0 Å². The molecule has 80 valence electrons. The molecule has 0 spiro atoms. The van der Waals surface area contributed by atoms with Crippen LogP contribution < -0.4 is 5.32 Å². The van der Waals surface area contributed by atoms with E-state index in [0.717, 1.165) is 19.3 Å². The average Bonchev–Trinajstić information content (AvgIpc) is 2.15. The zero-order valence-corrected chi connectivity index (χ0v) is 9.12. The number of rotatable bonds is 3. The first kappa shape index (κ1) is 10.2. The largest absolute Gasteiger partial charge is 0.351 e. The summed E-state index contributed by atoms with van der Waals surface area (Å²) in [6.07, 6.45) is 4.42. The maximum Gasteiger partial charge on any atom is 0.217 e. The lowest BCUT2D eigenvalue weighted by Crippen LogP contribution is -2.54. The summed E-state index contributed by atoms with van der Waals surface area (Å²) in [5.74, 6) is 0.0885. The van der Waals surface area contributed by atoms with Gasteiger partial charge in [-0.25, -0.2) is 0 Å². The maximum atomic E-state index is 11.1. The van der Waals surface area contributed by atoms with E-state index in [1.165, 1.54) is 12.0 Å². The molecule has 0 aromatic heterocycles. The molecular weight excluding hydrogens is 186 g/mol. The summed E-state index contributed by atoms with van der Waals surface area (Å²) in [6, 6.07) is 10.4. The molecule has 0 unspecified atom stereocenters. The van der Waals surface area contributed by atoms with Crippen molar-refractivity contribution in [3.8, 4) is 0 Å². The van der Waals surface area contributed by atoms with Gasteiger partial charge in [0.05, 0.1) is 0 Å². The lowest BCUT2D eigenvalue weighted by molar-refractivity contribution is -0.121. The summed E-state index contributed by atoms with van der Waals surface area (Å²) < 4.78 is 0. The maximum absolute atomic E-state index is 11.1. The van der Waals surface area contributed by atoms with Gasteiger partial charge in [0.15, 0.2) is 0 Å². The fourth-order valence-corrected chi connectivity index (χ4v) is 2.31. The Labute approximate surface area is 90.7 Å². The molecule has 0 bridgehead atoms. The molecule has 0 radical (unpaired) electrons. The van der Waals surface area contributed by atoms with Gasteiger partial charge in [-0.05, 0) is 31.2 Å². The minimum absolute atomic E-state index is 0.0488. The summed E-state index contributed by atoms with van der Waals surface area (Å²) in [5, 5.41) is 3.10. The first-order chi connectivity index (χ1) is 7.20. The van der Waals surface area contributed by atoms with Gasteiger partial charge >= 0.3 is 0 Å². The number of benzene rings is 1. The highest BCUT2D eigenvalue weighted by Crippen LogP contribution is 2.34. The molecular formula is C13H17NO. The van der Waals surface area contributed by atoms with Gasteiger partial charge in [-0.1, -0.05) is 30.3 Å². The van der Waals surface area contributed by atoms with Crippen LogP contribution in [-0.4, -0.2) is 11.4 Å². The molecule has 0 atom stereocenters. The zero-order valence-electron chi connectivity index (χ0n) is 9.12. The molecule has 1 fully saturated rings. The van der Waals surface area contributed by atoms with Crippen LogP contribution in [-0.2, 0) is 11.2 Å². The minimum Gasteiger partial charge on any atom is -0.351 e. The summed E-state index contributed by atoms with van der Waals surface area (Å²) in [4.78, 5) is 11.1. The Balaban J connectivity index is 2.05. The van der Waals surface area contributed by atoms with Crippen molar-refractivity contribution in [3.63, 3.8) is 0 Å². The van der Waals surface area contributed by atoms with E-state index in [1.807, 2.05) is 6.07 Å². The zero-order chi connectivity index (χ0) is 10.7. The highest BCUT2D eigenvalue weighted by atomic mass is 16.1. The molecule has 1 N–H and O–H groups in total. The van der Waals surface area contributed by atoms with Crippen LogP contribution in [0.2, 0.25) is 0 Å². The Bertz CT molecular complexity index is 341. The van der Waals surface area contributed by atoms with Crippen molar-refractivity contribution in [2.45, 2.75) is 38.1 Å². The van der Waals surface area contributed by atoms with Gasteiger partial charge in [-0.15, -0.1) is 0 Å². The van der Waals surface area contributed by atoms with Gasteiger partial charge in [-0.3, -0.25) is 4.79 Å². The van der Waals surface area contributed by atoms with Gasteiger partial charge < -0.3 is 5.32 Å². The fraction of sp³-hybridized carbons (Fsp3) is 0.462. The highest BCUT2D eigenvalue weighted by Gasteiger charge is 2.37. The van der Waals surface area contributed by atoms with Crippen molar-refractivity contribution in [3.05, 3.63) is 35.9 Å². The van der Waals surface area contributed by atoms with Gasteiger partial charge in [0.2, 0.25) is 5.91 Å². The van der Waals surface area contributed by atoms with E-state index in [-0.39, 0.29) is 11.4 Å². The first-order valence-electron chi connectivity index (χ1n) is 5.53. The summed E-state index contributed by atoms with van der Waals surface area (Å²) >= 11 is 0. The Morgan fingerprint density at radius 2 is 2.00 bits per heavy atom. The van der Waals surface area contributed by atoms with Gasteiger partial charge in [0.1, 0.15) is 0 Å². The summed E-state index contributed by atoms with van der Waals surface area (Å²) in [6.45, 7) is 1.60. The van der Waals surface area contributed by atoms with Crippen molar-refractivity contribution in [1.82, 2.24) is 5.32 Å². The number of nitrogens with one attached hydrogen (secondary N) is 1. The molecule has 0 aliphatic heterocycles. The molecule has 15 heavy (non-hydrogen) atoms. The minimum atomic E-state index is 0.0488. The number of carbonyl (C=O) groups is 1. The standard InChI is InChI=1S/C13H17NO/c1-11(15)14-13(8-5-9-13)10-12-6-3-2-4-7-12/h2-4,6-7H,5,8-10H2,1H3,(H,14,15).